The lowest BCUT2D eigenvalue weighted by Crippen LogP contribution is -2.46. The van der Waals surface area contributed by atoms with E-state index in [4.69, 9.17) is 14.2 Å². The third kappa shape index (κ3) is 4.48. The van der Waals surface area contributed by atoms with E-state index >= 15 is 0 Å². The fourth-order valence-corrected chi connectivity index (χ4v) is 3.11. The van der Waals surface area contributed by atoms with E-state index < -0.39 is 12.0 Å². The SMILES string of the molecule is COc1cc([C@H]2NC(=O)N(C)C(C)=C2C(=O)OCCOc2ccccc2)ccc1O. The Morgan fingerprint density at radius 2 is 1.90 bits per heavy atom. The van der Waals surface area contributed by atoms with E-state index in [9.17, 15) is 14.7 Å². The number of allylic oxidation sites excluding steroid dienone is 1. The van der Waals surface area contributed by atoms with Crippen LogP contribution >= 0.6 is 0 Å². The number of hydrogen-bond acceptors (Lipinski definition) is 6. The van der Waals surface area contributed by atoms with Gasteiger partial charge in [0.2, 0.25) is 0 Å². The number of para-hydroxylation sites is 1. The van der Waals surface area contributed by atoms with E-state index in [1.807, 2.05) is 30.3 Å². The van der Waals surface area contributed by atoms with E-state index in [0.29, 0.717) is 22.6 Å². The highest BCUT2D eigenvalue weighted by Crippen LogP contribution is 2.35. The normalized spacial score (nSPS) is 16.2. The van der Waals surface area contributed by atoms with Crippen LogP contribution in [0.1, 0.15) is 18.5 Å². The molecule has 0 saturated carbocycles. The number of methoxy groups -OCH3 is 1. The third-order valence-electron chi connectivity index (χ3n) is 4.84. The number of rotatable bonds is 7. The van der Waals surface area contributed by atoms with E-state index in [0.717, 1.165) is 0 Å². The van der Waals surface area contributed by atoms with Crippen LogP contribution in [0.25, 0.3) is 0 Å². The average molecular weight is 412 g/mol. The number of phenols is 1. The number of carbonyl (C=O) groups excluding carboxylic acids is 2. The molecule has 1 aliphatic rings. The summed E-state index contributed by atoms with van der Waals surface area (Å²) in [5.74, 6) is 0.321. The van der Waals surface area contributed by atoms with Gasteiger partial charge in [0, 0.05) is 12.7 Å². The van der Waals surface area contributed by atoms with Crippen molar-refractivity contribution in [1.82, 2.24) is 10.2 Å². The molecular formula is C22H24N2O6. The molecule has 0 bridgehead atoms. The lowest BCUT2D eigenvalue weighted by atomic mass is 9.94. The number of ether oxygens (including phenoxy) is 3. The molecule has 1 atom stereocenters. The summed E-state index contributed by atoms with van der Waals surface area (Å²) in [6, 6.07) is 12.8. The maximum atomic E-state index is 12.9. The molecule has 0 radical (unpaired) electrons. The van der Waals surface area contributed by atoms with E-state index in [1.165, 1.54) is 18.1 Å². The van der Waals surface area contributed by atoms with Crippen molar-refractivity contribution < 1.29 is 28.9 Å². The minimum atomic E-state index is -0.745. The van der Waals surface area contributed by atoms with Crippen molar-refractivity contribution in [3.63, 3.8) is 0 Å². The molecule has 8 heteroatoms. The molecule has 0 unspecified atom stereocenters. The van der Waals surface area contributed by atoms with E-state index in [-0.39, 0.29) is 30.7 Å². The highest BCUT2D eigenvalue weighted by Gasteiger charge is 2.35. The van der Waals surface area contributed by atoms with Gasteiger partial charge >= 0.3 is 12.0 Å². The van der Waals surface area contributed by atoms with Crippen LogP contribution in [0.3, 0.4) is 0 Å². The first kappa shape index (κ1) is 21.0. The first-order valence-electron chi connectivity index (χ1n) is 9.39. The van der Waals surface area contributed by atoms with Crippen LogP contribution < -0.4 is 14.8 Å². The summed E-state index contributed by atoms with van der Waals surface area (Å²) in [6.45, 7) is 1.93. The predicted molar refractivity (Wildman–Crippen MR) is 109 cm³/mol. The summed E-state index contributed by atoms with van der Waals surface area (Å²) in [7, 11) is 3.00. The summed E-state index contributed by atoms with van der Waals surface area (Å²) in [6.07, 6.45) is 0. The maximum absolute atomic E-state index is 12.9. The molecule has 2 aromatic carbocycles. The molecule has 30 heavy (non-hydrogen) atoms. The first-order valence-corrected chi connectivity index (χ1v) is 9.39. The molecule has 2 N–H and O–H groups in total. The molecule has 0 fully saturated rings. The molecule has 0 aliphatic carbocycles. The fraction of sp³-hybridized carbons (Fsp3) is 0.273. The maximum Gasteiger partial charge on any atom is 0.338 e. The molecule has 2 aromatic rings. The van der Waals surface area contributed by atoms with Crippen molar-refractivity contribution in [2.45, 2.75) is 13.0 Å². The monoisotopic (exact) mass is 412 g/mol. The molecule has 1 aliphatic heterocycles. The summed E-state index contributed by atoms with van der Waals surface area (Å²) in [4.78, 5) is 26.6. The van der Waals surface area contributed by atoms with Crippen LogP contribution in [0.5, 0.6) is 17.2 Å². The summed E-state index contributed by atoms with van der Waals surface area (Å²) < 4.78 is 16.1. The van der Waals surface area contributed by atoms with Gasteiger partial charge in [0.05, 0.1) is 18.7 Å². The number of aromatic hydroxyl groups is 1. The zero-order valence-corrected chi connectivity index (χ0v) is 17.0. The molecular weight excluding hydrogens is 388 g/mol. The van der Waals surface area contributed by atoms with Crippen LogP contribution in [-0.4, -0.2) is 49.4 Å². The topological polar surface area (TPSA) is 97.3 Å². The zero-order chi connectivity index (χ0) is 21.7. The zero-order valence-electron chi connectivity index (χ0n) is 17.0. The van der Waals surface area contributed by atoms with Crippen LogP contribution in [-0.2, 0) is 9.53 Å². The van der Waals surface area contributed by atoms with Gasteiger partial charge in [0.15, 0.2) is 11.5 Å². The van der Waals surface area contributed by atoms with Gasteiger partial charge in [-0.1, -0.05) is 24.3 Å². The Morgan fingerprint density at radius 3 is 2.60 bits per heavy atom. The van der Waals surface area contributed by atoms with Crippen LogP contribution in [0.2, 0.25) is 0 Å². The molecule has 0 spiro atoms. The number of carbonyl (C=O) groups is 2. The van der Waals surface area contributed by atoms with Crippen molar-refractivity contribution in [2.75, 3.05) is 27.4 Å². The van der Waals surface area contributed by atoms with Crippen molar-refractivity contribution in [3.8, 4) is 17.2 Å². The summed E-state index contributed by atoms with van der Waals surface area (Å²) in [5.41, 5.74) is 1.35. The highest BCUT2D eigenvalue weighted by atomic mass is 16.6. The standard InChI is InChI=1S/C22H24N2O6/c1-14-19(21(26)30-12-11-29-16-7-5-4-6-8-16)20(23-22(27)24(14)2)15-9-10-17(25)18(13-15)28-3/h4-10,13,20,25H,11-12H2,1-3H3,(H,23,27)/t20-/m1/s1. The molecule has 8 nitrogen and oxygen atoms in total. The van der Waals surface area contributed by atoms with Gasteiger partial charge in [-0.05, 0) is 36.8 Å². The van der Waals surface area contributed by atoms with Gasteiger partial charge in [0.25, 0.3) is 0 Å². The Bertz CT molecular complexity index is 957. The van der Waals surface area contributed by atoms with Crippen LogP contribution in [0, 0.1) is 0 Å². The van der Waals surface area contributed by atoms with Crippen molar-refractivity contribution in [2.24, 2.45) is 0 Å². The second-order valence-corrected chi connectivity index (χ2v) is 6.67. The van der Waals surface area contributed by atoms with Crippen LogP contribution in [0.4, 0.5) is 4.79 Å². The first-order chi connectivity index (χ1) is 14.4. The lowest BCUT2D eigenvalue weighted by molar-refractivity contribution is -0.140. The number of amides is 2. The summed E-state index contributed by atoms with van der Waals surface area (Å²) in [5, 5.41) is 12.6. The third-order valence-corrected chi connectivity index (χ3v) is 4.84. The Balaban J connectivity index is 1.77. The number of benzene rings is 2. The molecule has 158 valence electrons. The van der Waals surface area contributed by atoms with Crippen molar-refractivity contribution in [3.05, 3.63) is 65.4 Å². The minimum absolute atomic E-state index is 0.0385. The van der Waals surface area contributed by atoms with Gasteiger partial charge in [-0.25, -0.2) is 9.59 Å². The molecule has 2 amide bonds. The number of esters is 1. The number of nitrogens with zero attached hydrogens (tertiary/aromatic N) is 1. The van der Waals surface area contributed by atoms with Gasteiger partial charge in [-0.3, -0.25) is 0 Å². The Kier molecular flexibility index (Phi) is 6.46. The second-order valence-electron chi connectivity index (χ2n) is 6.67. The van der Waals surface area contributed by atoms with Crippen LogP contribution in [0.15, 0.2) is 59.8 Å². The van der Waals surface area contributed by atoms with E-state index in [1.54, 1.807) is 26.1 Å². The van der Waals surface area contributed by atoms with Gasteiger partial charge in [-0.15, -0.1) is 0 Å². The van der Waals surface area contributed by atoms with Gasteiger partial charge in [-0.2, -0.15) is 0 Å². The summed E-state index contributed by atoms with van der Waals surface area (Å²) >= 11 is 0. The number of phenolic OH excluding ortho intramolecular Hbond substituents is 1. The largest absolute Gasteiger partial charge is 0.504 e. The number of hydrogen-bond donors (Lipinski definition) is 2. The Morgan fingerprint density at radius 1 is 1.17 bits per heavy atom. The predicted octanol–water partition coefficient (Wildman–Crippen LogP) is 2.99. The molecule has 3 rings (SSSR count). The van der Waals surface area contributed by atoms with Gasteiger partial charge in [0.1, 0.15) is 19.0 Å². The highest BCUT2D eigenvalue weighted by molar-refractivity contribution is 5.95. The number of urea groups is 1. The Hall–Kier alpha value is -3.68. The Labute approximate surface area is 174 Å². The average Bonchev–Trinajstić information content (AvgIpc) is 2.75. The minimum Gasteiger partial charge on any atom is -0.504 e. The molecule has 1 heterocycles. The second kappa shape index (κ2) is 9.21. The fourth-order valence-electron chi connectivity index (χ4n) is 3.11. The molecule has 0 aromatic heterocycles. The van der Waals surface area contributed by atoms with E-state index in [2.05, 4.69) is 5.32 Å². The lowest BCUT2D eigenvalue weighted by Gasteiger charge is -2.33. The van der Waals surface area contributed by atoms with Crippen molar-refractivity contribution in [1.29, 1.82) is 0 Å². The molecule has 0 saturated heterocycles. The number of nitrogens with one attached hydrogen (secondary N) is 1. The smallest absolute Gasteiger partial charge is 0.338 e. The van der Waals surface area contributed by atoms with Crippen molar-refractivity contribution >= 4 is 12.0 Å². The van der Waals surface area contributed by atoms with Gasteiger partial charge < -0.3 is 29.5 Å². The quantitative estimate of drug-likeness (QED) is 0.536.